The molecule has 1 saturated heterocycles. The zero-order chi connectivity index (χ0) is 15.4. The van der Waals surface area contributed by atoms with E-state index in [0.29, 0.717) is 19.0 Å². The van der Waals surface area contributed by atoms with E-state index in [1.165, 1.54) is 6.42 Å². The summed E-state index contributed by atoms with van der Waals surface area (Å²) in [6.45, 7) is 2.98. The average molecular weight is 484 g/mol. The summed E-state index contributed by atoms with van der Waals surface area (Å²) in [6, 6.07) is 3.82. The van der Waals surface area contributed by atoms with Crippen molar-refractivity contribution in [2.45, 2.75) is 12.8 Å². The van der Waals surface area contributed by atoms with Gasteiger partial charge in [0.15, 0.2) is 0 Å². The van der Waals surface area contributed by atoms with Crippen molar-refractivity contribution < 1.29 is 4.79 Å². The lowest BCUT2D eigenvalue weighted by Gasteiger charge is -2.31. The first-order valence-corrected chi connectivity index (χ1v) is 9.24. The number of halogens is 3. The van der Waals surface area contributed by atoms with Gasteiger partial charge in [-0.15, -0.1) is 0 Å². The van der Waals surface area contributed by atoms with Gasteiger partial charge in [0, 0.05) is 20.0 Å². The van der Waals surface area contributed by atoms with Gasteiger partial charge in [-0.25, -0.2) is 0 Å². The molecule has 1 atom stereocenters. The zero-order valence-corrected chi connectivity index (χ0v) is 16.3. The van der Waals surface area contributed by atoms with E-state index in [9.17, 15) is 4.79 Å². The van der Waals surface area contributed by atoms with Crippen molar-refractivity contribution in [3.05, 3.63) is 25.6 Å². The molecular weight excluding hydrogens is 466 g/mol. The van der Waals surface area contributed by atoms with Crippen molar-refractivity contribution in [2.75, 3.05) is 31.5 Å². The largest absolute Gasteiger partial charge is 0.330 e. The molecule has 0 aliphatic carbocycles. The standard InChI is InChI=1S/C14H18Br3N3O/c15-10-4-11(16)14(12(17)5-10)19-13(21)8-20-3-1-2-9(6-18)7-20/h4-5,9H,1-3,6-8,18H2,(H,19,21). The smallest absolute Gasteiger partial charge is 0.238 e. The minimum absolute atomic E-state index is 0.00334. The van der Waals surface area contributed by atoms with Gasteiger partial charge in [-0.05, 0) is 75.8 Å². The first-order valence-electron chi connectivity index (χ1n) is 6.86. The van der Waals surface area contributed by atoms with Crippen LogP contribution in [0.5, 0.6) is 0 Å². The number of carbonyl (C=O) groups is 1. The predicted molar refractivity (Wildman–Crippen MR) is 96.4 cm³/mol. The average Bonchev–Trinajstić information content (AvgIpc) is 2.43. The third-order valence-corrected chi connectivity index (χ3v) is 5.28. The van der Waals surface area contributed by atoms with Crippen LogP contribution in [0.15, 0.2) is 25.6 Å². The van der Waals surface area contributed by atoms with Crippen molar-refractivity contribution in [1.29, 1.82) is 0 Å². The fourth-order valence-corrected chi connectivity index (χ4v) is 4.99. The monoisotopic (exact) mass is 481 g/mol. The SMILES string of the molecule is NCC1CCCN(CC(=O)Nc2c(Br)cc(Br)cc2Br)C1. The number of hydrogen-bond donors (Lipinski definition) is 2. The van der Waals surface area contributed by atoms with Gasteiger partial charge in [-0.2, -0.15) is 0 Å². The number of piperidine rings is 1. The Morgan fingerprint density at radius 2 is 2.00 bits per heavy atom. The first-order chi connectivity index (χ1) is 9.99. The van der Waals surface area contributed by atoms with Crippen LogP contribution in [0.4, 0.5) is 5.69 Å². The van der Waals surface area contributed by atoms with Crippen molar-refractivity contribution in [3.8, 4) is 0 Å². The number of anilines is 1. The fraction of sp³-hybridized carbons (Fsp3) is 0.500. The Labute approximate surface area is 150 Å². The molecule has 1 amide bonds. The summed E-state index contributed by atoms with van der Waals surface area (Å²) in [5.74, 6) is 0.508. The molecule has 1 aliphatic rings. The van der Waals surface area contributed by atoms with Crippen molar-refractivity contribution in [1.82, 2.24) is 4.90 Å². The number of amides is 1. The maximum Gasteiger partial charge on any atom is 0.238 e. The van der Waals surface area contributed by atoms with E-state index in [1.807, 2.05) is 12.1 Å². The molecule has 4 nitrogen and oxygen atoms in total. The van der Waals surface area contributed by atoms with Crippen LogP contribution in [-0.2, 0) is 4.79 Å². The molecular formula is C14H18Br3N3O. The van der Waals surface area contributed by atoms with Crippen LogP contribution in [0, 0.1) is 5.92 Å². The van der Waals surface area contributed by atoms with Crippen LogP contribution < -0.4 is 11.1 Å². The third-order valence-electron chi connectivity index (χ3n) is 3.57. The van der Waals surface area contributed by atoms with Crippen LogP contribution in [-0.4, -0.2) is 37.0 Å². The van der Waals surface area contributed by atoms with Gasteiger partial charge in [0.1, 0.15) is 0 Å². The molecule has 1 heterocycles. The lowest BCUT2D eigenvalue weighted by molar-refractivity contribution is -0.117. The number of rotatable bonds is 4. The Morgan fingerprint density at radius 3 is 2.62 bits per heavy atom. The van der Waals surface area contributed by atoms with Gasteiger partial charge in [0.25, 0.3) is 0 Å². The molecule has 1 fully saturated rings. The molecule has 0 spiro atoms. The van der Waals surface area contributed by atoms with Crippen molar-refractivity contribution in [3.63, 3.8) is 0 Å². The molecule has 0 radical (unpaired) electrons. The topological polar surface area (TPSA) is 58.4 Å². The van der Waals surface area contributed by atoms with Crippen molar-refractivity contribution in [2.24, 2.45) is 11.7 Å². The number of hydrogen-bond acceptors (Lipinski definition) is 3. The fourth-order valence-electron chi connectivity index (χ4n) is 2.53. The molecule has 116 valence electrons. The van der Waals surface area contributed by atoms with Crippen LogP contribution >= 0.6 is 47.8 Å². The number of benzene rings is 1. The lowest BCUT2D eigenvalue weighted by atomic mass is 9.98. The Morgan fingerprint density at radius 1 is 1.33 bits per heavy atom. The van der Waals surface area contributed by atoms with E-state index in [1.54, 1.807) is 0 Å². The number of carbonyl (C=O) groups excluding carboxylic acids is 1. The molecule has 1 aromatic carbocycles. The molecule has 1 aliphatic heterocycles. The summed E-state index contributed by atoms with van der Waals surface area (Å²) in [6.07, 6.45) is 2.28. The quantitative estimate of drug-likeness (QED) is 0.688. The first kappa shape index (κ1) is 17.4. The van der Waals surface area contributed by atoms with E-state index in [4.69, 9.17) is 5.73 Å². The van der Waals surface area contributed by atoms with Gasteiger partial charge in [-0.1, -0.05) is 15.9 Å². The molecule has 7 heteroatoms. The van der Waals surface area contributed by atoms with E-state index >= 15 is 0 Å². The molecule has 1 unspecified atom stereocenters. The summed E-state index contributed by atoms with van der Waals surface area (Å²) in [5.41, 5.74) is 6.49. The maximum absolute atomic E-state index is 12.2. The van der Waals surface area contributed by atoms with E-state index in [-0.39, 0.29) is 5.91 Å². The summed E-state index contributed by atoms with van der Waals surface area (Å²) >= 11 is 10.3. The molecule has 0 bridgehead atoms. The number of nitrogens with one attached hydrogen (secondary N) is 1. The number of nitrogens with zero attached hydrogens (tertiary/aromatic N) is 1. The highest BCUT2D eigenvalue weighted by molar-refractivity contribution is 9.11. The van der Waals surface area contributed by atoms with Crippen LogP contribution in [0.3, 0.4) is 0 Å². The maximum atomic E-state index is 12.2. The molecule has 2 rings (SSSR count). The Bertz CT molecular complexity index is 501. The van der Waals surface area contributed by atoms with E-state index < -0.39 is 0 Å². The Kier molecular flexibility index (Phi) is 6.68. The van der Waals surface area contributed by atoms with E-state index in [2.05, 4.69) is 58.0 Å². The minimum atomic E-state index is -0.00334. The highest BCUT2D eigenvalue weighted by Gasteiger charge is 2.21. The van der Waals surface area contributed by atoms with Crippen LogP contribution in [0.25, 0.3) is 0 Å². The highest BCUT2D eigenvalue weighted by Crippen LogP contribution is 2.34. The van der Waals surface area contributed by atoms with Gasteiger partial charge in [0.2, 0.25) is 5.91 Å². The van der Waals surface area contributed by atoms with Gasteiger partial charge >= 0.3 is 0 Å². The summed E-state index contributed by atoms with van der Waals surface area (Å²) in [4.78, 5) is 14.4. The third kappa shape index (κ3) is 5.03. The molecule has 3 N–H and O–H groups in total. The second kappa shape index (κ2) is 8.06. The van der Waals surface area contributed by atoms with Crippen molar-refractivity contribution >= 4 is 59.4 Å². The van der Waals surface area contributed by atoms with Crippen LogP contribution in [0.1, 0.15) is 12.8 Å². The summed E-state index contributed by atoms with van der Waals surface area (Å²) in [7, 11) is 0. The van der Waals surface area contributed by atoms with E-state index in [0.717, 1.165) is 38.6 Å². The molecule has 21 heavy (non-hydrogen) atoms. The molecule has 1 aromatic rings. The predicted octanol–water partition coefficient (Wildman–Crippen LogP) is 3.58. The van der Waals surface area contributed by atoms with Crippen LogP contribution in [0.2, 0.25) is 0 Å². The number of nitrogens with two attached hydrogens (primary N) is 1. The normalized spacial score (nSPS) is 19.5. The summed E-state index contributed by atoms with van der Waals surface area (Å²) < 4.78 is 2.63. The Balaban J connectivity index is 1.96. The highest BCUT2D eigenvalue weighted by atomic mass is 79.9. The van der Waals surface area contributed by atoms with Gasteiger partial charge in [-0.3, -0.25) is 9.69 Å². The summed E-state index contributed by atoms with van der Waals surface area (Å²) in [5, 5.41) is 2.96. The second-order valence-electron chi connectivity index (χ2n) is 5.27. The van der Waals surface area contributed by atoms with Gasteiger partial charge < -0.3 is 11.1 Å². The lowest BCUT2D eigenvalue weighted by Crippen LogP contribution is -2.42. The molecule has 0 saturated carbocycles. The Hall–Kier alpha value is 0.0500. The number of likely N-dealkylation sites (tertiary alicyclic amines) is 1. The van der Waals surface area contributed by atoms with Gasteiger partial charge in [0.05, 0.1) is 12.2 Å². The second-order valence-corrected chi connectivity index (χ2v) is 7.90. The molecule has 0 aromatic heterocycles. The minimum Gasteiger partial charge on any atom is -0.330 e. The zero-order valence-electron chi connectivity index (χ0n) is 11.5.